The fourth-order valence-corrected chi connectivity index (χ4v) is 2.86. The van der Waals surface area contributed by atoms with Crippen molar-refractivity contribution < 1.29 is 17.7 Å². The number of benzene rings is 1. The first-order chi connectivity index (χ1) is 8.63. The number of hydrogen-bond acceptors (Lipinski definition) is 5. The number of halogens is 1. The molecule has 0 amide bonds. The normalized spacial score (nSPS) is 13.1. The van der Waals surface area contributed by atoms with Crippen molar-refractivity contribution in [3.8, 4) is 0 Å². The maximum Gasteiger partial charge on any atom is 0.327 e. The van der Waals surface area contributed by atoms with Crippen LogP contribution in [-0.4, -0.2) is 38.4 Å². The molecule has 0 heterocycles. The number of nitrogens with zero attached hydrogens (tertiary/aromatic N) is 2. The summed E-state index contributed by atoms with van der Waals surface area (Å²) in [5.74, 6) is -1.11. The molecule has 0 N–H and O–H groups in total. The van der Waals surface area contributed by atoms with Crippen LogP contribution in [0.15, 0.2) is 18.2 Å². The van der Waals surface area contributed by atoms with E-state index in [4.69, 9.17) is 0 Å². The number of nitro benzene ring substituents is 1. The van der Waals surface area contributed by atoms with Gasteiger partial charge in [0.05, 0.1) is 10.7 Å². The van der Waals surface area contributed by atoms with Gasteiger partial charge in [0, 0.05) is 19.3 Å². The Kier molecular flexibility index (Phi) is 4.46. The van der Waals surface area contributed by atoms with Crippen molar-refractivity contribution in [2.45, 2.75) is 13.0 Å². The van der Waals surface area contributed by atoms with Crippen LogP contribution in [0.1, 0.15) is 6.92 Å². The molecule has 0 spiro atoms. The molecule has 0 saturated heterocycles. The summed E-state index contributed by atoms with van der Waals surface area (Å²) < 4.78 is 35.9. The van der Waals surface area contributed by atoms with Crippen LogP contribution in [0.3, 0.4) is 0 Å². The quantitative estimate of drug-likeness (QED) is 0.608. The molecular weight excluding hydrogens is 275 g/mol. The molecule has 0 aliphatic rings. The van der Waals surface area contributed by atoms with E-state index in [0.717, 1.165) is 12.3 Å². The van der Waals surface area contributed by atoms with E-state index in [1.165, 1.54) is 24.1 Å². The summed E-state index contributed by atoms with van der Waals surface area (Å²) in [6.45, 7) is 1.61. The molecule has 0 aliphatic heterocycles. The van der Waals surface area contributed by atoms with Crippen molar-refractivity contribution in [2.75, 3.05) is 24.0 Å². The highest BCUT2D eigenvalue weighted by molar-refractivity contribution is 7.90. The monoisotopic (exact) mass is 290 g/mol. The minimum Gasteiger partial charge on any atom is -0.365 e. The number of sulfone groups is 1. The Morgan fingerprint density at radius 1 is 1.47 bits per heavy atom. The van der Waals surface area contributed by atoms with Crippen molar-refractivity contribution >= 4 is 21.2 Å². The van der Waals surface area contributed by atoms with Crippen molar-refractivity contribution in [3.63, 3.8) is 0 Å². The van der Waals surface area contributed by atoms with Crippen LogP contribution < -0.4 is 4.90 Å². The van der Waals surface area contributed by atoms with E-state index in [1.54, 1.807) is 6.92 Å². The topological polar surface area (TPSA) is 80.5 Å². The molecule has 0 aromatic heterocycles. The Morgan fingerprint density at radius 2 is 2.05 bits per heavy atom. The Hall–Kier alpha value is -1.70. The summed E-state index contributed by atoms with van der Waals surface area (Å²) in [7, 11) is -1.73. The van der Waals surface area contributed by atoms with Crippen LogP contribution in [0.25, 0.3) is 0 Å². The SMILES string of the molecule is CC(CS(C)(=O)=O)N(C)c1cccc(F)c1[N+](=O)[O-]. The van der Waals surface area contributed by atoms with Gasteiger partial charge < -0.3 is 4.90 Å². The smallest absolute Gasteiger partial charge is 0.327 e. The van der Waals surface area contributed by atoms with Crippen LogP contribution in [0.2, 0.25) is 0 Å². The lowest BCUT2D eigenvalue weighted by atomic mass is 10.2. The van der Waals surface area contributed by atoms with Crippen LogP contribution >= 0.6 is 0 Å². The van der Waals surface area contributed by atoms with Crippen LogP contribution in [0.4, 0.5) is 15.8 Å². The standard InChI is InChI=1S/C11H15FN2O4S/c1-8(7-19(3,17)18)13(2)10-6-4-5-9(12)11(10)14(15)16/h4-6,8H,7H2,1-3H3. The maximum absolute atomic E-state index is 13.5. The van der Waals surface area contributed by atoms with Gasteiger partial charge in [-0.3, -0.25) is 10.1 Å². The van der Waals surface area contributed by atoms with E-state index < -0.39 is 32.3 Å². The van der Waals surface area contributed by atoms with E-state index in [1.807, 2.05) is 0 Å². The molecule has 6 nitrogen and oxygen atoms in total. The summed E-state index contributed by atoms with van der Waals surface area (Å²) in [4.78, 5) is 11.5. The predicted octanol–water partition coefficient (Wildman–Crippen LogP) is 1.60. The Balaban J connectivity index is 3.16. The average Bonchev–Trinajstić information content (AvgIpc) is 2.24. The molecule has 106 valence electrons. The van der Waals surface area contributed by atoms with E-state index >= 15 is 0 Å². The number of rotatable bonds is 5. The van der Waals surface area contributed by atoms with Gasteiger partial charge in [-0.1, -0.05) is 6.07 Å². The molecule has 1 aromatic rings. The lowest BCUT2D eigenvalue weighted by Crippen LogP contribution is -2.35. The molecule has 1 atom stereocenters. The van der Waals surface area contributed by atoms with Crippen LogP contribution in [0.5, 0.6) is 0 Å². The van der Waals surface area contributed by atoms with Crippen molar-refractivity contribution in [2.24, 2.45) is 0 Å². The zero-order valence-electron chi connectivity index (χ0n) is 10.8. The van der Waals surface area contributed by atoms with E-state index in [9.17, 15) is 22.9 Å². The molecule has 8 heteroatoms. The van der Waals surface area contributed by atoms with Gasteiger partial charge in [-0.05, 0) is 19.1 Å². The van der Waals surface area contributed by atoms with Crippen molar-refractivity contribution in [3.05, 3.63) is 34.1 Å². The second-order valence-corrected chi connectivity index (χ2v) is 6.60. The number of anilines is 1. The van der Waals surface area contributed by atoms with Gasteiger partial charge >= 0.3 is 5.69 Å². The first-order valence-electron chi connectivity index (χ1n) is 5.47. The number of nitro groups is 1. The average molecular weight is 290 g/mol. The summed E-state index contributed by atoms with van der Waals surface area (Å²) in [5, 5.41) is 10.9. The molecule has 0 aliphatic carbocycles. The fourth-order valence-electron chi connectivity index (χ4n) is 1.76. The minimum atomic E-state index is -3.22. The first-order valence-corrected chi connectivity index (χ1v) is 7.53. The highest BCUT2D eigenvalue weighted by atomic mass is 32.2. The summed E-state index contributed by atoms with van der Waals surface area (Å²) in [6, 6.07) is 3.23. The summed E-state index contributed by atoms with van der Waals surface area (Å²) in [6.07, 6.45) is 1.08. The molecule has 1 unspecified atom stereocenters. The molecule has 1 aromatic carbocycles. The molecular formula is C11H15FN2O4S. The van der Waals surface area contributed by atoms with Crippen LogP contribution in [-0.2, 0) is 9.84 Å². The Morgan fingerprint density at radius 3 is 2.53 bits per heavy atom. The van der Waals surface area contributed by atoms with E-state index in [2.05, 4.69) is 0 Å². The molecule has 1 rings (SSSR count). The molecule has 0 radical (unpaired) electrons. The molecule has 0 fully saturated rings. The van der Waals surface area contributed by atoms with Crippen molar-refractivity contribution in [1.82, 2.24) is 0 Å². The largest absolute Gasteiger partial charge is 0.365 e. The highest BCUT2D eigenvalue weighted by Crippen LogP contribution is 2.31. The van der Waals surface area contributed by atoms with Gasteiger partial charge in [0.15, 0.2) is 0 Å². The Labute approximate surface area is 110 Å². The van der Waals surface area contributed by atoms with Gasteiger partial charge in [-0.25, -0.2) is 8.42 Å². The third-order valence-corrected chi connectivity index (χ3v) is 3.82. The lowest BCUT2D eigenvalue weighted by Gasteiger charge is -2.26. The van der Waals surface area contributed by atoms with E-state index in [0.29, 0.717) is 0 Å². The van der Waals surface area contributed by atoms with E-state index in [-0.39, 0.29) is 11.4 Å². The summed E-state index contributed by atoms with van der Waals surface area (Å²) in [5.41, 5.74) is -0.591. The van der Waals surface area contributed by atoms with Crippen molar-refractivity contribution in [1.29, 1.82) is 0 Å². The zero-order valence-corrected chi connectivity index (χ0v) is 11.6. The van der Waals surface area contributed by atoms with Crippen LogP contribution in [0, 0.1) is 15.9 Å². The number of hydrogen-bond donors (Lipinski definition) is 0. The molecule has 0 saturated carbocycles. The third-order valence-electron chi connectivity index (χ3n) is 2.73. The molecule has 0 bridgehead atoms. The zero-order chi connectivity index (χ0) is 14.8. The maximum atomic E-state index is 13.5. The second-order valence-electron chi connectivity index (χ2n) is 4.42. The fraction of sp³-hybridized carbons (Fsp3) is 0.455. The van der Waals surface area contributed by atoms with Gasteiger partial charge in [-0.2, -0.15) is 4.39 Å². The molecule has 19 heavy (non-hydrogen) atoms. The number of para-hydroxylation sites is 1. The second kappa shape index (κ2) is 5.52. The van der Waals surface area contributed by atoms with Gasteiger partial charge in [0.25, 0.3) is 0 Å². The minimum absolute atomic E-state index is 0.0566. The lowest BCUT2D eigenvalue weighted by molar-refractivity contribution is -0.386. The first kappa shape index (κ1) is 15.4. The van der Waals surface area contributed by atoms with Gasteiger partial charge in [0.1, 0.15) is 15.5 Å². The summed E-state index contributed by atoms with van der Waals surface area (Å²) >= 11 is 0. The van der Waals surface area contributed by atoms with Gasteiger partial charge in [-0.15, -0.1) is 0 Å². The highest BCUT2D eigenvalue weighted by Gasteiger charge is 2.25. The third kappa shape index (κ3) is 3.88. The van der Waals surface area contributed by atoms with Gasteiger partial charge in [0.2, 0.25) is 5.82 Å². The Bertz CT molecular complexity index is 588. The predicted molar refractivity (Wildman–Crippen MR) is 70.6 cm³/mol.